The Morgan fingerprint density at radius 2 is 1.41 bits per heavy atom. The predicted molar refractivity (Wildman–Crippen MR) is 173 cm³/mol. The van der Waals surface area contributed by atoms with Crippen LogP contribution in [0.4, 0.5) is 0 Å². The first kappa shape index (κ1) is 34.7. The summed E-state index contributed by atoms with van der Waals surface area (Å²) in [5.41, 5.74) is 4.48. The lowest BCUT2D eigenvalue weighted by atomic mass is 9.86. The molecule has 3 aromatic carbocycles. The van der Waals surface area contributed by atoms with Crippen molar-refractivity contribution in [3.8, 4) is 0 Å². The van der Waals surface area contributed by atoms with E-state index in [4.69, 9.17) is 26.6 Å². The Balaban J connectivity index is 0.000000583. The molecule has 1 aliphatic heterocycles. The summed E-state index contributed by atoms with van der Waals surface area (Å²) in [7, 11) is 0. The number of carbonyl (C=O) groups is 3. The van der Waals surface area contributed by atoms with Gasteiger partial charge in [0, 0.05) is 42.2 Å². The SMILES string of the molecule is CC(C)(C)c1ccc(C(=O)CCCN2CCC(OC(c3ccccc3)c3ccc(Cl)cc3)CC2)cc1.O=C(O)/C=C/C(=O)O. The number of halogens is 1. The van der Waals surface area contributed by atoms with Crippen molar-refractivity contribution in [2.75, 3.05) is 19.6 Å². The number of carboxylic acids is 2. The zero-order valence-corrected chi connectivity index (χ0v) is 26.4. The van der Waals surface area contributed by atoms with E-state index in [9.17, 15) is 14.4 Å². The Morgan fingerprint density at radius 3 is 1.93 bits per heavy atom. The van der Waals surface area contributed by atoms with Gasteiger partial charge in [-0.2, -0.15) is 0 Å². The van der Waals surface area contributed by atoms with Crippen molar-refractivity contribution < 1.29 is 29.3 Å². The minimum absolute atomic E-state index is 0.0951. The lowest BCUT2D eigenvalue weighted by Gasteiger charge is -2.34. The van der Waals surface area contributed by atoms with Crippen LogP contribution in [0.15, 0.2) is 91.0 Å². The third-order valence-electron chi connectivity index (χ3n) is 7.46. The minimum atomic E-state index is -1.26. The molecule has 1 atom stereocenters. The molecular formula is C36H42ClNO6. The Kier molecular flexibility index (Phi) is 13.3. The minimum Gasteiger partial charge on any atom is -0.478 e. The highest BCUT2D eigenvalue weighted by Gasteiger charge is 2.25. The van der Waals surface area contributed by atoms with Crippen molar-refractivity contribution in [1.29, 1.82) is 0 Å². The second-order valence-electron chi connectivity index (χ2n) is 11.9. The Labute approximate surface area is 265 Å². The van der Waals surface area contributed by atoms with Crippen LogP contribution < -0.4 is 0 Å². The van der Waals surface area contributed by atoms with Gasteiger partial charge in [-0.05, 0) is 60.0 Å². The normalized spacial score (nSPS) is 14.9. The lowest BCUT2D eigenvalue weighted by Crippen LogP contribution is -2.38. The fourth-order valence-electron chi connectivity index (χ4n) is 4.98. The fraction of sp³-hybridized carbons (Fsp3) is 0.361. The number of hydrogen-bond donors (Lipinski definition) is 2. The van der Waals surface area contributed by atoms with Gasteiger partial charge < -0.3 is 19.8 Å². The van der Waals surface area contributed by atoms with Gasteiger partial charge in [0.25, 0.3) is 0 Å². The largest absolute Gasteiger partial charge is 0.478 e. The number of piperidine rings is 1. The monoisotopic (exact) mass is 619 g/mol. The molecule has 44 heavy (non-hydrogen) atoms. The summed E-state index contributed by atoms with van der Waals surface area (Å²) >= 11 is 6.12. The molecule has 0 amide bonds. The van der Waals surface area contributed by atoms with Crippen LogP contribution in [0.25, 0.3) is 0 Å². The van der Waals surface area contributed by atoms with Crippen LogP contribution in [0, 0.1) is 0 Å². The van der Waals surface area contributed by atoms with Crippen molar-refractivity contribution in [2.24, 2.45) is 0 Å². The van der Waals surface area contributed by atoms with Crippen molar-refractivity contribution in [1.82, 2.24) is 4.90 Å². The topological polar surface area (TPSA) is 104 Å². The smallest absolute Gasteiger partial charge is 0.328 e. The predicted octanol–water partition coefficient (Wildman–Crippen LogP) is 7.58. The highest BCUT2D eigenvalue weighted by Crippen LogP contribution is 2.31. The van der Waals surface area contributed by atoms with Gasteiger partial charge >= 0.3 is 11.9 Å². The number of ketones is 1. The first-order valence-corrected chi connectivity index (χ1v) is 15.3. The van der Waals surface area contributed by atoms with Gasteiger partial charge in [0.1, 0.15) is 6.10 Å². The van der Waals surface area contributed by atoms with Crippen molar-refractivity contribution in [2.45, 2.75) is 64.1 Å². The van der Waals surface area contributed by atoms with E-state index in [1.165, 1.54) is 5.56 Å². The van der Waals surface area contributed by atoms with E-state index in [-0.39, 0.29) is 23.4 Å². The quantitative estimate of drug-likeness (QED) is 0.168. The molecule has 4 rings (SSSR count). The molecule has 8 heteroatoms. The third-order valence-corrected chi connectivity index (χ3v) is 7.71. The molecule has 1 saturated heterocycles. The molecule has 0 spiro atoms. The van der Waals surface area contributed by atoms with Crippen LogP contribution >= 0.6 is 11.6 Å². The number of rotatable bonds is 11. The van der Waals surface area contributed by atoms with E-state index in [0.29, 0.717) is 18.6 Å². The average molecular weight is 620 g/mol. The summed E-state index contributed by atoms with van der Waals surface area (Å²) in [5.74, 6) is -2.28. The van der Waals surface area contributed by atoms with Gasteiger partial charge in [-0.3, -0.25) is 4.79 Å². The maximum Gasteiger partial charge on any atom is 0.328 e. The Bertz CT molecular complexity index is 1360. The molecular weight excluding hydrogens is 578 g/mol. The van der Waals surface area contributed by atoms with E-state index in [2.05, 4.69) is 74.2 Å². The highest BCUT2D eigenvalue weighted by atomic mass is 35.5. The van der Waals surface area contributed by atoms with E-state index in [1.807, 2.05) is 30.3 Å². The molecule has 1 aliphatic rings. The van der Waals surface area contributed by atoms with Crippen LogP contribution in [-0.4, -0.2) is 58.6 Å². The van der Waals surface area contributed by atoms with E-state index >= 15 is 0 Å². The maximum atomic E-state index is 12.7. The number of benzene rings is 3. The second-order valence-corrected chi connectivity index (χ2v) is 12.3. The number of nitrogens with zero attached hydrogens (tertiary/aromatic N) is 1. The zero-order valence-electron chi connectivity index (χ0n) is 25.6. The number of hydrogen-bond acceptors (Lipinski definition) is 5. The van der Waals surface area contributed by atoms with Crippen LogP contribution in [0.1, 0.15) is 79.6 Å². The summed E-state index contributed by atoms with van der Waals surface area (Å²) in [6.45, 7) is 9.53. The molecule has 7 nitrogen and oxygen atoms in total. The number of aliphatic carboxylic acids is 2. The molecule has 0 bridgehead atoms. The number of likely N-dealkylation sites (tertiary alicyclic amines) is 1. The average Bonchev–Trinajstić information content (AvgIpc) is 3.00. The number of ether oxygens (including phenoxy) is 1. The van der Waals surface area contributed by atoms with Gasteiger partial charge in [0.15, 0.2) is 5.78 Å². The van der Waals surface area contributed by atoms with Crippen molar-refractivity contribution >= 4 is 29.3 Å². The maximum absolute atomic E-state index is 12.7. The Hall–Kier alpha value is -3.78. The molecule has 0 aliphatic carbocycles. The van der Waals surface area contributed by atoms with Crippen molar-refractivity contribution in [3.63, 3.8) is 0 Å². The first-order chi connectivity index (χ1) is 20.9. The van der Waals surface area contributed by atoms with Gasteiger partial charge in [0.2, 0.25) is 0 Å². The number of Topliss-reactive ketones (excluding diaryl/α,β-unsaturated/α-hetero) is 1. The molecule has 1 unspecified atom stereocenters. The zero-order chi connectivity index (χ0) is 32.1. The van der Waals surface area contributed by atoms with Gasteiger partial charge in [0.05, 0.1) is 6.10 Å². The number of carbonyl (C=O) groups excluding carboxylic acids is 1. The summed E-state index contributed by atoms with van der Waals surface area (Å²) in [5, 5.41) is 16.4. The molecule has 0 saturated carbocycles. The fourth-order valence-corrected chi connectivity index (χ4v) is 5.11. The standard InChI is InChI=1S/C32H38ClNO2.C4H4O4/c1-32(2,3)27-15-11-24(12-16-27)30(35)10-7-21-34-22-19-29(20-23-34)36-31(25-8-5-4-6-9-25)26-13-17-28(33)18-14-26;5-3(6)1-2-4(7)8/h4-6,8-9,11-18,29,31H,7,10,19-23H2,1-3H3;1-2H,(H,5,6)(H,7,8)/b;2-1+. The Morgan fingerprint density at radius 1 is 0.864 bits per heavy atom. The molecule has 0 aromatic heterocycles. The molecule has 1 heterocycles. The van der Waals surface area contributed by atoms with Crippen LogP contribution in [-0.2, 0) is 19.7 Å². The van der Waals surface area contributed by atoms with Crippen LogP contribution in [0.5, 0.6) is 0 Å². The van der Waals surface area contributed by atoms with Gasteiger partial charge in [-0.1, -0.05) is 99.1 Å². The first-order valence-electron chi connectivity index (χ1n) is 14.9. The highest BCUT2D eigenvalue weighted by molar-refractivity contribution is 6.30. The van der Waals surface area contributed by atoms with E-state index in [1.54, 1.807) is 0 Å². The van der Waals surface area contributed by atoms with E-state index in [0.717, 1.165) is 60.6 Å². The summed E-state index contributed by atoms with van der Waals surface area (Å²) in [6.07, 6.45) is 4.72. The molecule has 2 N–H and O–H groups in total. The van der Waals surface area contributed by atoms with E-state index < -0.39 is 11.9 Å². The van der Waals surface area contributed by atoms with Gasteiger partial charge in [-0.25, -0.2) is 9.59 Å². The molecule has 234 valence electrons. The lowest BCUT2D eigenvalue weighted by molar-refractivity contribution is -0.134. The van der Waals surface area contributed by atoms with Crippen molar-refractivity contribution in [3.05, 3.63) is 118 Å². The molecule has 0 radical (unpaired) electrons. The van der Waals surface area contributed by atoms with Crippen LogP contribution in [0.3, 0.4) is 0 Å². The summed E-state index contributed by atoms with van der Waals surface area (Å²) in [4.78, 5) is 34.2. The summed E-state index contributed by atoms with van der Waals surface area (Å²) in [6, 6.07) is 26.5. The second kappa shape index (κ2) is 16.9. The molecule has 1 fully saturated rings. The van der Waals surface area contributed by atoms with Crippen LogP contribution in [0.2, 0.25) is 5.02 Å². The number of carboxylic acid groups (broad SMARTS) is 2. The summed E-state index contributed by atoms with van der Waals surface area (Å²) < 4.78 is 6.66. The molecule has 3 aromatic rings. The van der Waals surface area contributed by atoms with Gasteiger partial charge in [-0.15, -0.1) is 0 Å². The third kappa shape index (κ3) is 11.7.